The van der Waals surface area contributed by atoms with Gasteiger partial charge in [-0.3, -0.25) is 9.52 Å². The number of ether oxygens (including phenoxy) is 2. The molecule has 10 heteroatoms. The third kappa shape index (κ3) is 7.84. The number of thioether (sulfide) groups is 1. The number of rotatable bonds is 10. The molecular formula is C33H34N2O6S2. The van der Waals surface area contributed by atoms with Gasteiger partial charge in [0.15, 0.2) is 6.29 Å². The van der Waals surface area contributed by atoms with Gasteiger partial charge in [-0.1, -0.05) is 61.5 Å². The van der Waals surface area contributed by atoms with Gasteiger partial charge in [-0.2, -0.15) is 0 Å². The molecule has 0 aliphatic carbocycles. The Morgan fingerprint density at radius 1 is 0.837 bits per heavy atom. The monoisotopic (exact) mass is 618 g/mol. The first kappa shape index (κ1) is 30.8. The van der Waals surface area contributed by atoms with E-state index in [1.54, 1.807) is 66.4 Å². The fourth-order valence-corrected chi connectivity index (χ4v) is 7.00. The maximum Gasteiger partial charge on any atom is 0.261 e. The van der Waals surface area contributed by atoms with Crippen molar-refractivity contribution in [1.82, 2.24) is 0 Å². The lowest BCUT2D eigenvalue weighted by Crippen LogP contribution is -2.38. The molecule has 1 aliphatic heterocycles. The second-order valence-corrected chi connectivity index (χ2v) is 13.2. The molecule has 1 saturated heterocycles. The Morgan fingerprint density at radius 2 is 1.47 bits per heavy atom. The van der Waals surface area contributed by atoms with Gasteiger partial charge in [0, 0.05) is 40.4 Å². The van der Waals surface area contributed by atoms with Crippen LogP contribution in [0.2, 0.25) is 0 Å². The van der Waals surface area contributed by atoms with Gasteiger partial charge < -0.3 is 19.9 Å². The van der Waals surface area contributed by atoms with Crippen LogP contribution in [0.5, 0.6) is 0 Å². The first-order valence-electron chi connectivity index (χ1n) is 13.9. The molecule has 0 saturated carbocycles. The second kappa shape index (κ2) is 13.7. The average molecular weight is 619 g/mol. The Kier molecular flexibility index (Phi) is 9.84. The van der Waals surface area contributed by atoms with E-state index in [1.165, 1.54) is 6.92 Å². The number of benzene rings is 4. The molecule has 5 rings (SSSR count). The number of aliphatic hydroxyl groups excluding tert-OH is 1. The lowest BCUT2D eigenvalue weighted by molar-refractivity contribution is -0.268. The van der Waals surface area contributed by atoms with Crippen LogP contribution in [0.3, 0.4) is 0 Å². The summed E-state index contributed by atoms with van der Waals surface area (Å²) in [5.41, 5.74) is 3.75. The third-order valence-corrected chi connectivity index (χ3v) is 9.70. The number of hydrogen-bond acceptors (Lipinski definition) is 7. The smallest absolute Gasteiger partial charge is 0.261 e. The highest BCUT2D eigenvalue weighted by Crippen LogP contribution is 2.43. The largest absolute Gasteiger partial charge is 0.392 e. The fraction of sp³-hybridized carbons (Fsp3) is 0.242. The topological polar surface area (TPSA) is 114 Å². The van der Waals surface area contributed by atoms with Gasteiger partial charge in [0.05, 0.1) is 23.7 Å². The molecule has 0 unspecified atom stereocenters. The minimum absolute atomic E-state index is 0.0133. The van der Waals surface area contributed by atoms with Crippen molar-refractivity contribution in [2.45, 2.75) is 48.7 Å². The maximum absolute atomic E-state index is 12.8. The van der Waals surface area contributed by atoms with Gasteiger partial charge in [-0.15, -0.1) is 11.8 Å². The van der Waals surface area contributed by atoms with Gasteiger partial charge in [0.1, 0.15) is 0 Å². The first-order valence-corrected chi connectivity index (χ1v) is 16.4. The molecule has 4 atom stereocenters. The molecule has 0 radical (unpaired) electrons. The summed E-state index contributed by atoms with van der Waals surface area (Å²) in [6, 6.07) is 30.7. The summed E-state index contributed by atoms with van der Waals surface area (Å²) < 4.78 is 41.2. The zero-order valence-electron chi connectivity index (χ0n) is 23.8. The number of anilines is 2. The van der Waals surface area contributed by atoms with Crippen molar-refractivity contribution in [3.05, 3.63) is 120 Å². The summed E-state index contributed by atoms with van der Waals surface area (Å²) in [6.45, 7) is 3.55. The summed E-state index contributed by atoms with van der Waals surface area (Å²) in [6.07, 6.45) is -1.11. The number of hydrogen-bond donors (Lipinski definition) is 3. The van der Waals surface area contributed by atoms with E-state index in [1.807, 2.05) is 48.5 Å². The Bertz CT molecular complexity index is 1610. The molecule has 1 fully saturated rings. The van der Waals surface area contributed by atoms with Crippen molar-refractivity contribution in [3.63, 3.8) is 0 Å². The van der Waals surface area contributed by atoms with E-state index >= 15 is 0 Å². The molecule has 4 aromatic carbocycles. The molecule has 43 heavy (non-hydrogen) atoms. The van der Waals surface area contributed by atoms with Crippen LogP contribution in [-0.4, -0.2) is 31.3 Å². The van der Waals surface area contributed by atoms with Gasteiger partial charge >= 0.3 is 0 Å². The zero-order chi connectivity index (χ0) is 30.4. The normalized spacial score (nSPS) is 20.3. The summed E-state index contributed by atoms with van der Waals surface area (Å²) in [5.74, 6) is 0.565. The van der Waals surface area contributed by atoms with Crippen LogP contribution in [-0.2, 0) is 30.9 Å². The Balaban J connectivity index is 1.34. The third-order valence-electron chi connectivity index (χ3n) is 7.20. The molecule has 1 amide bonds. The Morgan fingerprint density at radius 3 is 2.09 bits per heavy atom. The van der Waals surface area contributed by atoms with E-state index in [9.17, 15) is 18.3 Å². The molecule has 8 nitrogen and oxygen atoms in total. The minimum atomic E-state index is -3.71. The standard InChI is InChI=1S/C33H34N2O6S2/c1-22-31(21-42-29-18-16-27(17-19-29)34-23(2)37)40-33(41-32(22)25-10-8-24(20-36)9-11-25)26-12-14-28(15-13-26)35-43(38,39)30-6-4-3-5-7-30/h3-19,22,31-33,35-36H,20-21H2,1-2H3,(H,34,37)/t22-,31+,32+,33+/m1/s1. The van der Waals surface area contributed by atoms with E-state index in [4.69, 9.17) is 9.47 Å². The molecule has 3 N–H and O–H groups in total. The summed E-state index contributed by atoms with van der Waals surface area (Å²) in [4.78, 5) is 12.6. The summed E-state index contributed by atoms with van der Waals surface area (Å²) in [5, 5.41) is 12.3. The van der Waals surface area contributed by atoms with Crippen LogP contribution in [0.1, 0.15) is 42.9 Å². The van der Waals surface area contributed by atoms with Crippen molar-refractivity contribution < 1.29 is 27.8 Å². The number of amides is 1. The van der Waals surface area contributed by atoms with Crippen molar-refractivity contribution in [1.29, 1.82) is 0 Å². The van der Waals surface area contributed by atoms with Crippen molar-refractivity contribution in [3.8, 4) is 0 Å². The van der Waals surface area contributed by atoms with Crippen LogP contribution in [0, 0.1) is 5.92 Å². The molecule has 224 valence electrons. The Hall–Kier alpha value is -3.67. The molecule has 0 aromatic heterocycles. The number of sulfonamides is 1. The van der Waals surface area contributed by atoms with E-state index in [-0.39, 0.29) is 35.5 Å². The highest BCUT2D eigenvalue weighted by molar-refractivity contribution is 7.99. The number of aliphatic hydroxyl groups is 1. The van der Waals surface area contributed by atoms with Crippen LogP contribution in [0.25, 0.3) is 0 Å². The van der Waals surface area contributed by atoms with Crippen molar-refractivity contribution in [2.24, 2.45) is 5.92 Å². The van der Waals surface area contributed by atoms with E-state index in [0.717, 1.165) is 27.3 Å². The molecule has 1 aliphatic rings. The summed E-state index contributed by atoms with van der Waals surface area (Å²) in [7, 11) is -3.71. The number of nitrogens with one attached hydrogen (secondary N) is 2. The Labute approximate surface area is 256 Å². The van der Waals surface area contributed by atoms with Crippen LogP contribution >= 0.6 is 11.8 Å². The van der Waals surface area contributed by atoms with Crippen LogP contribution in [0.4, 0.5) is 11.4 Å². The highest BCUT2D eigenvalue weighted by atomic mass is 32.2. The van der Waals surface area contributed by atoms with Crippen LogP contribution in [0.15, 0.2) is 113 Å². The number of carbonyl (C=O) groups is 1. The predicted octanol–water partition coefficient (Wildman–Crippen LogP) is 6.52. The van der Waals surface area contributed by atoms with Crippen molar-refractivity contribution in [2.75, 3.05) is 15.8 Å². The van der Waals surface area contributed by atoms with Gasteiger partial charge in [-0.05, 0) is 59.7 Å². The quantitative estimate of drug-likeness (QED) is 0.173. The SMILES string of the molecule is CC(=O)Nc1ccc(SC[C@@H]2O[C@H](c3ccc(NS(=O)(=O)c4ccccc4)cc3)O[C@H](c3ccc(CO)cc3)[C@@H]2C)cc1. The first-order chi connectivity index (χ1) is 20.7. The molecular weight excluding hydrogens is 585 g/mol. The zero-order valence-corrected chi connectivity index (χ0v) is 25.5. The lowest BCUT2D eigenvalue weighted by Gasteiger charge is -2.41. The van der Waals surface area contributed by atoms with E-state index in [0.29, 0.717) is 11.4 Å². The van der Waals surface area contributed by atoms with Gasteiger partial charge in [0.2, 0.25) is 5.91 Å². The van der Waals surface area contributed by atoms with E-state index < -0.39 is 16.3 Å². The highest BCUT2D eigenvalue weighted by Gasteiger charge is 2.38. The van der Waals surface area contributed by atoms with Gasteiger partial charge in [-0.25, -0.2) is 8.42 Å². The van der Waals surface area contributed by atoms with Crippen LogP contribution < -0.4 is 10.0 Å². The lowest BCUT2D eigenvalue weighted by atomic mass is 9.91. The predicted molar refractivity (Wildman–Crippen MR) is 168 cm³/mol. The van der Waals surface area contributed by atoms with Gasteiger partial charge in [0.25, 0.3) is 10.0 Å². The molecule has 0 bridgehead atoms. The summed E-state index contributed by atoms with van der Waals surface area (Å²) >= 11 is 1.66. The maximum atomic E-state index is 12.8. The number of carbonyl (C=O) groups excluding carboxylic acids is 1. The fourth-order valence-electron chi connectivity index (χ4n) is 4.85. The second-order valence-electron chi connectivity index (χ2n) is 10.4. The van der Waals surface area contributed by atoms with E-state index in [2.05, 4.69) is 17.0 Å². The van der Waals surface area contributed by atoms with Crippen molar-refractivity contribution >= 4 is 39.1 Å². The average Bonchev–Trinajstić information content (AvgIpc) is 3.02. The molecule has 4 aromatic rings. The minimum Gasteiger partial charge on any atom is -0.392 e. The molecule has 1 heterocycles. The molecule has 0 spiro atoms.